The predicted molar refractivity (Wildman–Crippen MR) is 124 cm³/mol. The van der Waals surface area contributed by atoms with Crippen LogP contribution in [0, 0.1) is 11.8 Å². The third kappa shape index (κ3) is 3.67. The number of rotatable bonds is 4. The van der Waals surface area contributed by atoms with Gasteiger partial charge in [0.2, 0.25) is 15.9 Å². The molecule has 0 unspecified atom stereocenters. The van der Waals surface area contributed by atoms with E-state index in [1.165, 1.54) is 4.31 Å². The van der Waals surface area contributed by atoms with Crippen LogP contribution in [0.4, 0.5) is 0 Å². The van der Waals surface area contributed by atoms with Crippen molar-refractivity contribution < 1.29 is 18.3 Å². The summed E-state index contributed by atoms with van der Waals surface area (Å²) in [5.41, 5.74) is 2.11. The van der Waals surface area contributed by atoms with Crippen molar-refractivity contribution in [1.82, 2.24) is 18.7 Å². The molecule has 3 aliphatic heterocycles. The summed E-state index contributed by atoms with van der Waals surface area (Å²) >= 11 is 0. The average molecular weight is 477 g/mol. The Morgan fingerprint density at radius 2 is 1.91 bits per heavy atom. The fraction of sp³-hybridized carbons (Fsp3) is 0.652. The molecule has 0 radical (unpaired) electrons. The minimum atomic E-state index is -3.68. The van der Waals surface area contributed by atoms with Gasteiger partial charge in [0, 0.05) is 62.5 Å². The number of piperazine rings is 1. The highest BCUT2D eigenvalue weighted by molar-refractivity contribution is 7.88. The smallest absolute Gasteiger partial charge is 0.258 e. The van der Waals surface area contributed by atoms with E-state index in [-0.39, 0.29) is 24.6 Å². The number of nitrogens with zero attached hydrogens (tertiary/aromatic N) is 4. The summed E-state index contributed by atoms with van der Waals surface area (Å²) in [4.78, 5) is 31.2. The molecule has 5 rings (SSSR count). The fourth-order valence-corrected chi connectivity index (χ4v) is 7.55. The number of carbonyl (C=O) groups is 1. The summed E-state index contributed by atoms with van der Waals surface area (Å²) < 4.78 is 28.8. The van der Waals surface area contributed by atoms with Crippen LogP contribution in [0.15, 0.2) is 23.0 Å². The van der Waals surface area contributed by atoms with Crippen LogP contribution in [0.2, 0.25) is 0 Å². The van der Waals surface area contributed by atoms with Gasteiger partial charge < -0.3 is 19.5 Å². The molecule has 33 heavy (non-hydrogen) atoms. The number of aliphatic hydroxyl groups is 1. The maximum atomic E-state index is 13.7. The lowest BCUT2D eigenvalue weighted by Crippen LogP contribution is -2.51. The van der Waals surface area contributed by atoms with Gasteiger partial charge in [0.25, 0.3) is 5.56 Å². The van der Waals surface area contributed by atoms with Gasteiger partial charge in [0.1, 0.15) is 0 Å². The maximum Gasteiger partial charge on any atom is 0.258 e. The van der Waals surface area contributed by atoms with Crippen LogP contribution in [0.25, 0.3) is 5.57 Å². The zero-order valence-electron chi connectivity index (χ0n) is 19.2. The standard InChI is InChI=1S/C23H32N4O5S/c1-24-9-11-25(12-10-24)23(30)20-17(14-28)19-13-26-18(21(20)27(19)33(2,31)32)8-7-16(22(26)29)15-5-3-4-6-15/h5,7-8,17,19-21,28H,3-4,6,9-14H2,1-2H3/t17-,19-,20+,21+/m1/s1. The highest BCUT2D eigenvalue weighted by Crippen LogP contribution is 2.50. The molecule has 1 aliphatic carbocycles. The first-order valence-electron chi connectivity index (χ1n) is 11.7. The summed E-state index contributed by atoms with van der Waals surface area (Å²) in [6.45, 7) is 2.48. The molecule has 9 nitrogen and oxygen atoms in total. The highest BCUT2D eigenvalue weighted by atomic mass is 32.2. The second kappa shape index (κ2) is 8.33. The van der Waals surface area contributed by atoms with E-state index >= 15 is 0 Å². The second-order valence-electron chi connectivity index (χ2n) is 9.82. The molecule has 180 valence electrons. The van der Waals surface area contributed by atoms with Crippen LogP contribution in [0.5, 0.6) is 0 Å². The lowest BCUT2D eigenvalue weighted by atomic mass is 9.86. The van der Waals surface area contributed by atoms with E-state index in [2.05, 4.69) is 11.0 Å². The quantitative estimate of drug-likeness (QED) is 0.662. The SMILES string of the molecule is CN1CCN(C(=O)[C@H]2[C@H](CO)[C@H]3Cn4c(ccc(C5=CCCC5)c4=O)[C@@H]2N3S(C)(=O)=O)CC1. The fourth-order valence-electron chi connectivity index (χ4n) is 6.19. The Bertz CT molecular complexity index is 1150. The molecular formula is C23H32N4O5S. The number of carbonyl (C=O) groups excluding carboxylic acids is 1. The van der Waals surface area contributed by atoms with Gasteiger partial charge in [0.05, 0.1) is 18.2 Å². The Hall–Kier alpha value is -2.01. The normalized spacial score (nSPS) is 30.4. The minimum Gasteiger partial charge on any atom is -0.396 e. The number of aromatic nitrogens is 1. The summed E-state index contributed by atoms with van der Waals surface area (Å²) in [5.74, 6) is -1.42. The van der Waals surface area contributed by atoms with Gasteiger partial charge in [-0.05, 0) is 44.0 Å². The van der Waals surface area contributed by atoms with E-state index in [9.17, 15) is 23.1 Å². The largest absolute Gasteiger partial charge is 0.396 e. The highest BCUT2D eigenvalue weighted by Gasteiger charge is 2.59. The molecule has 10 heteroatoms. The molecule has 4 heterocycles. The Balaban J connectivity index is 1.61. The Labute approximate surface area is 194 Å². The summed E-state index contributed by atoms with van der Waals surface area (Å²) in [5, 5.41) is 10.3. The first-order chi connectivity index (χ1) is 15.7. The van der Waals surface area contributed by atoms with Crippen molar-refractivity contribution >= 4 is 21.5 Å². The molecule has 4 atom stereocenters. The molecule has 2 bridgehead atoms. The van der Waals surface area contributed by atoms with Gasteiger partial charge in [-0.2, -0.15) is 4.31 Å². The molecule has 1 amide bonds. The topological polar surface area (TPSA) is 103 Å². The van der Waals surface area contributed by atoms with Gasteiger partial charge in [-0.1, -0.05) is 6.08 Å². The van der Waals surface area contributed by atoms with Gasteiger partial charge in [-0.3, -0.25) is 9.59 Å². The third-order valence-electron chi connectivity index (χ3n) is 7.86. The number of aliphatic hydroxyl groups excluding tert-OH is 1. The number of hydrogen-bond donors (Lipinski definition) is 1. The summed E-state index contributed by atoms with van der Waals surface area (Å²) in [6.07, 6.45) is 6.09. The van der Waals surface area contributed by atoms with Crippen LogP contribution < -0.4 is 5.56 Å². The Kier molecular flexibility index (Phi) is 5.75. The van der Waals surface area contributed by atoms with Crippen molar-refractivity contribution in [1.29, 1.82) is 0 Å². The Morgan fingerprint density at radius 3 is 2.52 bits per heavy atom. The van der Waals surface area contributed by atoms with Crippen molar-refractivity contribution in [3.05, 3.63) is 39.8 Å². The van der Waals surface area contributed by atoms with Crippen molar-refractivity contribution in [2.24, 2.45) is 11.8 Å². The summed E-state index contributed by atoms with van der Waals surface area (Å²) in [6, 6.07) is 2.19. The van der Waals surface area contributed by atoms with E-state index < -0.39 is 33.9 Å². The molecule has 1 aromatic rings. The molecule has 0 spiro atoms. The molecular weight excluding hydrogens is 444 g/mol. The molecule has 1 N–H and O–H groups in total. The number of sulfonamides is 1. The number of fused-ring (bicyclic) bond motifs is 4. The zero-order chi connectivity index (χ0) is 23.5. The van der Waals surface area contributed by atoms with Crippen LogP contribution in [0.1, 0.15) is 36.6 Å². The molecule has 2 saturated heterocycles. The maximum absolute atomic E-state index is 13.7. The second-order valence-corrected chi connectivity index (χ2v) is 11.7. The van der Waals surface area contributed by atoms with Crippen LogP contribution in [-0.4, -0.2) is 90.2 Å². The van der Waals surface area contributed by atoms with Crippen molar-refractivity contribution in [2.75, 3.05) is 46.1 Å². The van der Waals surface area contributed by atoms with E-state index in [1.54, 1.807) is 15.5 Å². The van der Waals surface area contributed by atoms with Gasteiger partial charge in [0.15, 0.2) is 0 Å². The number of hydrogen-bond acceptors (Lipinski definition) is 6. The van der Waals surface area contributed by atoms with Crippen molar-refractivity contribution in [3.63, 3.8) is 0 Å². The van der Waals surface area contributed by atoms with Crippen molar-refractivity contribution in [2.45, 2.75) is 37.9 Å². The first kappa shape index (κ1) is 22.8. The predicted octanol–water partition coefficient (Wildman–Crippen LogP) is 0.113. The van der Waals surface area contributed by atoms with E-state index in [0.29, 0.717) is 24.3 Å². The van der Waals surface area contributed by atoms with Crippen molar-refractivity contribution in [3.8, 4) is 0 Å². The van der Waals surface area contributed by atoms with E-state index in [4.69, 9.17) is 0 Å². The lowest BCUT2D eigenvalue weighted by Gasteiger charge is -2.38. The van der Waals surface area contributed by atoms with Crippen LogP contribution in [-0.2, 0) is 21.4 Å². The number of likely N-dealkylation sites (N-methyl/N-ethyl adjacent to an activating group) is 1. The van der Waals surface area contributed by atoms with E-state index in [0.717, 1.165) is 44.2 Å². The Morgan fingerprint density at radius 1 is 1.18 bits per heavy atom. The molecule has 1 aromatic heterocycles. The van der Waals surface area contributed by atoms with Gasteiger partial charge >= 0.3 is 0 Å². The molecule has 0 aromatic carbocycles. The number of pyridine rings is 1. The van der Waals surface area contributed by atoms with Crippen LogP contribution >= 0.6 is 0 Å². The van der Waals surface area contributed by atoms with Gasteiger partial charge in [-0.15, -0.1) is 0 Å². The minimum absolute atomic E-state index is 0.131. The van der Waals surface area contributed by atoms with E-state index in [1.807, 2.05) is 13.1 Å². The monoisotopic (exact) mass is 476 g/mol. The number of amides is 1. The van der Waals surface area contributed by atoms with Gasteiger partial charge in [-0.25, -0.2) is 8.42 Å². The molecule has 2 fully saturated rings. The lowest BCUT2D eigenvalue weighted by molar-refractivity contribution is -0.139. The van der Waals surface area contributed by atoms with Crippen LogP contribution in [0.3, 0.4) is 0 Å². The molecule has 4 aliphatic rings. The molecule has 0 saturated carbocycles. The third-order valence-corrected chi connectivity index (χ3v) is 9.12. The number of allylic oxidation sites excluding steroid dienone is 2. The average Bonchev–Trinajstić information content (AvgIpc) is 3.39. The zero-order valence-corrected chi connectivity index (χ0v) is 20.0. The summed E-state index contributed by atoms with van der Waals surface area (Å²) in [7, 11) is -1.67. The first-order valence-corrected chi connectivity index (χ1v) is 13.6.